The minimum absolute atomic E-state index is 0.242. The van der Waals surface area contributed by atoms with Crippen LogP contribution in [-0.2, 0) is 6.42 Å². The Morgan fingerprint density at radius 2 is 2.05 bits per heavy atom. The highest BCUT2D eigenvalue weighted by atomic mass is 35.5. The fourth-order valence-corrected chi connectivity index (χ4v) is 2.74. The van der Waals surface area contributed by atoms with Crippen molar-refractivity contribution in [3.63, 3.8) is 0 Å². The van der Waals surface area contributed by atoms with Crippen molar-refractivity contribution >= 4 is 11.6 Å². The first kappa shape index (κ1) is 15.0. The molecule has 0 spiro atoms. The van der Waals surface area contributed by atoms with Crippen molar-refractivity contribution in [2.24, 2.45) is 0 Å². The number of likely N-dealkylation sites (N-methyl/N-ethyl adjacent to an activating group) is 1. The summed E-state index contributed by atoms with van der Waals surface area (Å²) in [5, 5.41) is 4.32. The molecule has 0 aliphatic carbocycles. The molecule has 1 aromatic carbocycles. The molecule has 1 unspecified atom stereocenters. The van der Waals surface area contributed by atoms with Crippen molar-refractivity contribution in [3.05, 3.63) is 63.9 Å². The standard InChI is InChI=1S/C17H21ClN2/c1-4-19-17(11-16-13(3)6-5-7-20-16)14-8-12(2)9-15(18)10-14/h5-10,17,19H,4,11H2,1-3H3. The summed E-state index contributed by atoms with van der Waals surface area (Å²) in [6, 6.07) is 10.5. The maximum Gasteiger partial charge on any atom is 0.0451 e. The van der Waals surface area contributed by atoms with E-state index in [-0.39, 0.29) is 6.04 Å². The number of hydrogen-bond donors (Lipinski definition) is 1. The third-order valence-corrected chi connectivity index (χ3v) is 3.65. The summed E-state index contributed by atoms with van der Waals surface area (Å²) in [4.78, 5) is 4.50. The molecule has 0 aliphatic heterocycles. The maximum absolute atomic E-state index is 6.19. The van der Waals surface area contributed by atoms with Crippen LogP contribution < -0.4 is 5.32 Å². The van der Waals surface area contributed by atoms with E-state index in [4.69, 9.17) is 11.6 Å². The average molecular weight is 289 g/mol. The van der Waals surface area contributed by atoms with Crippen LogP contribution in [0.4, 0.5) is 0 Å². The number of nitrogens with one attached hydrogen (secondary N) is 1. The van der Waals surface area contributed by atoms with E-state index in [1.165, 1.54) is 16.7 Å². The van der Waals surface area contributed by atoms with Gasteiger partial charge in [-0.25, -0.2) is 0 Å². The van der Waals surface area contributed by atoms with Gasteiger partial charge in [0.2, 0.25) is 0 Å². The topological polar surface area (TPSA) is 24.9 Å². The minimum Gasteiger partial charge on any atom is -0.310 e. The quantitative estimate of drug-likeness (QED) is 0.890. The summed E-state index contributed by atoms with van der Waals surface area (Å²) >= 11 is 6.19. The summed E-state index contributed by atoms with van der Waals surface area (Å²) in [6.45, 7) is 7.22. The van der Waals surface area contributed by atoms with E-state index >= 15 is 0 Å². The summed E-state index contributed by atoms with van der Waals surface area (Å²) < 4.78 is 0. The van der Waals surface area contributed by atoms with Crippen LogP contribution in [0.2, 0.25) is 5.02 Å². The third kappa shape index (κ3) is 3.81. The highest BCUT2D eigenvalue weighted by Crippen LogP contribution is 2.23. The second-order valence-electron chi connectivity index (χ2n) is 5.14. The molecule has 1 atom stereocenters. The molecule has 2 aromatic rings. The van der Waals surface area contributed by atoms with Gasteiger partial charge in [-0.1, -0.05) is 30.7 Å². The van der Waals surface area contributed by atoms with Crippen molar-refractivity contribution in [1.82, 2.24) is 10.3 Å². The SMILES string of the molecule is CCNC(Cc1ncccc1C)c1cc(C)cc(Cl)c1. The van der Waals surface area contributed by atoms with Gasteiger partial charge >= 0.3 is 0 Å². The van der Waals surface area contributed by atoms with Gasteiger partial charge in [-0.2, -0.15) is 0 Å². The number of aromatic nitrogens is 1. The van der Waals surface area contributed by atoms with Gasteiger partial charge in [0, 0.05) is 29.4 Å². The molecular formula is C17H21ClN2. The molecule has 0 saturated carbocycles. The predicted molar refractivity (Wildman–Crippen MR) is 85.3 cm³/mol. The van der Waals surface area contributed by atoms with Crippen molar-refractivity contribution < 1.29 is 0 Å². The molecule has 3 heteroatoms. The lowest BCUT2D eigenvalue weighted by Crippen LogP contribution is -2.23. The Bertz CT molecular complexity index is 561. The van der Waals surface area contributed by atoms with Gasteiger partial charge in [0.05, 0.1) is 0 Å². The lowest BCUT2D eigenvalue weighted by Gasteiger charge is -2.20. The Morgan fingerprint density at radius 3 is 2.70 bits per heavy atom. The first-order chi connectivity index (χ1) is 9.60. The van der Waals surface area contributed by atoms with E-state index in [9.17, 15) is 0 Å². The fraction of sp³-hybridized carbons (Fsp3) is 0.353. The van der Waals surface area contributed by atoms with Crippen LogP contribution in [0.5, 0.6) is 0 Å². The Labute approximate surface area is 126 Å². The van der Waals surface area contributed by atoms with Gasteiger partial charge in [0.1, 0.15) is 0 Å². The van der Waals surface area contributed by atoms with Crippen molar-refractivity contribution in [2.75, 3.05) is 6.54 Å². The first-order valence-electron chi connectivity index (χ1n) is 7.01. The van der Waals surface area contributed by atoms with E-state index in [0.717, 1.165) is 23.7 Å². The van der Waals surface area contributed by atoms with Crippen LogP contribution in [0.25, 0.3) is 0 Å². The van der Waals surface area contributed by atoms with Crippen molar-refractivity contribution in [3.8, 4) is 0 Å². The second-order valence-corrected chi connectivity index (χ2v) is 5.58. The summed E-state index contributed by atoms with van der Waals surface area (Å²) in [5.74, 6) is 0. The Morgan fingerprint density at radius 1 is 1.25 bits per heavy atom. The molecule has 1 heterocycles. The molecule has 0 saturated heterocycles. The zero-order valence-corrected chi connectivity index (χ0v) is 13.0. The minimum atomic E-state index is 0.242. The van der Waals surface area contributed by atoms with Crippen LogP contribution in [-0.4, -0.2) is 11.5 Å². The molecule has 2 nitrogen and oxygen atoms in total. The van der Waals surface area contributed by atoms with Gasteiger partial charge in [-0.3, -0.25) is 4.98 Å². The lowest BCUT2D eigenvalue weighted by atomic mass is 9.98. The molecule has 106 valence electrons. The van der Waals surface area contributed by atoms with E-state index in [1.54, 1.807) is 0 Å². The Balaban J connectivity index is 2.29. The molecular weight excluding hydrogens is 268 g/mol. The van der Waals surface area contributed by atoms with E-state index < -0.39 is 0 Å². The van der Waals surface area contributed by atoms with Gasteiger partial charge in [-0.15, -0.1) is 0 Å². The van der Waals surface area contributed by atoms with Gasteiger partial charge in [0.15, 0.2) is 0 Å². The normalized spacial score (nSPS) is 12.4. The largest absolute Gasteiger partial charge is 0.310 e. The predicted octanol–water partition coefficient (Wildman–Crippen LogP) is 4.25. The second kappa shape index (κ2) is 6.87. The van der Waals surface area contributed by atoms with Crippen LogP contribution in [0, 0.1) is 13.8 Å². The maximum atomic E-state index is 6.19. The average Bonchev–Trinajstić information content (AvgIpc) is 2.39. The monoisotopic (exact) mass is 288 g/mol. The van der Waals surface area contributed by atoms with E-state index in [1.807, 2.05) is 24.4 Å². The molecule has 20 heavy (non-hydrogen) atoms. The lowest BCUT2D eigenvalue weighted by molar-refractivity contribution is 0.542. The summed E-state index contributed by atoms with van der Waals surface area (Å²) in [5.41, 5.74) is 4.78. The van der Waals surface area contributed by atoms with Crippen LogP contribution in [0.3, 0.4) is 0 Å². The molecule has 0 radical (unpaired) electrons. The van der Waals surface area contributed by atoms with Crippen molar-refractivity contribution in [1.29, 1.82) is 0 Å². The van der Waals surface area contributed by atoms with E-state index in [2.05, 4.69) is 43.2 Å². The molecule has 1 N–H and O–H groups in total. The molecule has 1 aromatic heterocycles. The number of rotatable bonds is 5. The van der Waals surface area contributed by atoms with Crippen LogP contribution >= 0.6 is 11.6 Å². The zero-order chi connectivity index (χ0) is 14.5. The van der Waals surface area contributed by atoms with Crippen LogP contribution in [0.1, 0.15) is 35.3 Å². The first-order valence-corrected chi connectivity index (χ1v) is 7.39. The highest BCUT2D eigenvalue weighted by molar-refractivity contribution is 6.30. The number of pyridine rings is 1. The smallest absolute Gasteiger partial charge is 0.0451 e. The molecule has 2 rings (SSSR count). The molecule has 0 aliphatic rings. The number of benzene rings is 1. The van der Waals surface area contributed by atoms with Gasteiger partial charge in [-0.05, 0) is 55.3 Å². The van der Waals surface area contributed by atoms with Crippen LogP contribution in [0.15, 0.2) is 36.5 Å². The number of nitrogens with zero attached hydrogens (tertiary/aromatic N) is 1. The number of hydrogen-bond acceptors (Lipinski definition) is 2. The summed E-state index contributed by atoms with van der Waals surface area (Å²) in [7, 11) is 0. The molecule has 0 bridgehead atoms. The van der Waals surface area contributed by atoms with E-state index in [0.29, 0.717) is 0 Å². The third-order valence-electron chi connectivity index (χ3n) is 3.43. The van der Waals surface area contributed by atoms with Gasteiger partial charge in [0.25, 0.3) is 0 Å². The summed E-state index contributed by atoms with van der Waals surface area (Å²) in [6.07, 6.45) is 2.73. The number of aryl methyl sites for hydroxylation is 2. The number of halogens is 1. The van der Waals surface area contributed by atoms with Crippen molar-refractivity contribution in [2.45, 2.75) is 33.2 Å². The fourth-order valence-electron chi connectivity index (χ4n) is 2.45. The highest BCUT2D eigenvalue weighted by Gasteiger charge is 2.14. The van der Waals surface area contributed by atoms with Gasteiger partial charge < -0.3 is 5.32 Å². The zero-order valence-electron chi connectivity index (χ0n) is 12.3. The molecule has 0 amide bonds. The molecule has 0 fully saturated rings. The Hall–Kier alpha value is -1.38. The Kier molecular flexibility index (Phi) is 5.16.